The number of fused-ring (bicyclic) bond motifs is 1. The molecule has 0 bridgehead atoms. The van der Waals surface area contributed by atoms with E-state index in [0.29, 0.717) is 11.2 Å². The number of amides is 1. The second-order valence-corrected chi connectivity index (χ2v) is 6.30. The number of carbonyl (C=O) groups is 1. The van der Waals surface area contributed by atoms with E-state index < -0.39 is 0 Å². The van der Waals surface area contributed by atoms with Crippen LogP contribution in [0.5, 0.6) is 0 Å². The Morgan fingerprint density at radius 1 is 1.33 bits per heavy atom. The third-order valence-electron chi connectivity index (χ3n) is 4.53. The van der Waals surface area contributed by atoms with E-state index in [2.05, 4.69) is 28.2 Å². The Morgan fingerprint density at radius 2 is 2.05 bits per heavy atom. The Kier molecular flexibility index (Phi) is 4.34. The summed E-state index contributed by atoms with van der Waals surface area (Å²) in [7, 11) is 0. The van der Waals surface area contributed by atoms with Crippen molar-refractivity contribution in [2.75, 3.05) is 0 Å². The number of aliphatic imine (C=N–C) groups is 1. The highest BCUT2D eigenvalue weighted by Gasteiger charge is 2.39. The minimum absolute atomic E-state index is 0.0928. The molecule has 2 aliphatic heterocycles. The van der Waals surface area contributed by atoms with Crippen LogP contribution in [-0.2, 0) is 4.79 Å². The summed E-state index contributed by atoms with van der Waals surface area (Å²) < 4.78 is 0. The predicted octanol–water partition coefficient (Wildman–Crippen LogP) is 3.30. The van der Waals surface area contributed by atoms with E-state index in [1.165, 1.54) is 12.8 Å². The Balaban J connectivity index is 2.03. The minimum Gasteiger partial charge on any atom is -0.340 e. The van der Waals surface area contributed by atoms with Crippen molar-refractivity contribution in [2.45, 2.75) is 64.0 Å². The molecule has 0 aromatic rings. The fourth-order valence-corrected chi connectivity index (χ4v) is 3.70. The third kappa shape index (κ3) is 2.86. The zero-order valence-corrected chi connectivity index (χ0v) is 13.2. The zero-order valence-electron chi connectivity index (χ0n) is 12.4. The van der Waals surface area contributed by atoms with Crippen LogP contribution >= 0.6 is 11.6 Å². The molecular formula is C16H22ClN3O. The molecule has 1 saturated heterocycles. The van der Waals surface area contributed by atoms with E-state index in [0.717, 1.165) is 43.6 Å². The maximum atomic E-state index is 12.4. The zero-order chi connectivity index (χ0) is 14.8. The summed E-state index contributed by atoms with van der Waals surface area (Å²) >= 11 is 6.22. The molecule has 0 aromatic heterocycles. The van der Waals surface area contributed by atoms with Gasteiger partial charge in [-0.3, -0.25) is 4.79 Å². The summed E-state index contributed by atoms with van der Waals surface area (Å²) in [5.41, 5.74) is 0.836. The normalized spacial score (nSPS) is 27.1. The molecule has 0 aromatic carbocycles. The highest BCUT2D eigenvalue weighted by molar-refractivity contribution is 6.30. The number of hydrogen-bond donors (Lipinski definition) is 1. The maximum absolute atomic E-state index is 12.4. The number of amidine groups is 1. The van der Waals surface area contributed by atoms with E-state index >= 15 is 0 Å². The van der Waals surface area contributed by atoms with Gasteiger partial charge in [0, 0.05) is 6.04 Å². The van der Waals surface area contributed by atoms with Gasteiger partial charge in [0.25, 0.3) is 0 Å². The lowest BCUT2D eigenvalue weighted by Crippen LogP contribution is -2.59. The molecule has 1 amide bonds. The molecule has 4 nitrogen and oxygen atoms in total. The van der Waals surface area contributed by atoms with Crippen molar-refractivity contribution >= 4 is 23.3 Å². The Morgan fingerprint density at radius 3 is 2.76 bits per heavy atom. The molecule has 1 saturated carbocycles. The van der Waals surface area contributed by atoms with Crippen LogP contribution in [0.3, 0.4) is 0 Å². The molecule has 114 valence electrons. The van der Waals surface area contributed by atoms with E-state index in [1.807, 2.05) is 6.08 Å². The van der Waals surface area contributed by atoms with Crippen molar-refractivity contribution < 1.29 is 4.79 Å². The molecule has 3 aliphatic rings. The molecule has 0 spiro atoms. The fraction of sp³-hybridized carbons (Fsp3) is 0.625. The average Bonchev–Trinajstić information content (AvgIpc) is 2.97. The monoisotopic (exact) mass is 307 g/mol. The second kappa shape index (κ2) is 6.22. The number of piperazine rings is 1. The van der Waals surface area contributed by atoms with Gasteiger partial charge in [-0.15, -0.1) is 0 Å². The van der Waals surface area contributed by atoms with Crippen molar-refractivity contribution in [3.63, 3.8) is 0 Å². The Hall–Kier alpha value is -1.29. The number of halogens is 1. The van der Waals surface area contributed by atoms with E-state index in [4.69, 9.17) is 11.6 Å². The second-order valence-electron chi connectivity index (χ2n) is 5.92. The molecule has 0 radical (unpaired) electrons. The molecule has 21 heavy (non-hydrogen) atoms. The highest BCUT2D eigenvalue weighted by atomic mass is 35.5. The SMILES string of the molecule is CCC1C(=O)NC2=CCCC=C(Cl)N=C2N1C1CCCC1. The summed E-state index contributed by atoms with van der Waals surface area (Å²) in [5.74, 6) is 0.949. The number of hydrogen-bond acceptors (Lipinski definition) is 3. The minimum atomic E-state index is -0.132. The quantitative estimate of drug-likeness (QED) is 0.796. The number of rotatable bonds is 2. The van der Waals surface area contributed by atoms with Crippen molar-refractivity contribution in [3.8, 4) is 0 Å². The average molecular weight is 308 g/mol. The molecule has 1 atom stereocenters. The third-order valence-corrected chi connectivity index (χ3v) is 4.77. The van der Waals surface area contributed by atoms with Crippen LogP contribution < -0.4 is 5.32 Å². The van der Waals surface area contributed by atoms with Gasteiger partial charge >= 0.3 is 0 Å². The first-order valence-electron chi connectivity index (χ1n) is 7.94. The van der Waals surface area contributed by atoms with Crippen molar-refractivity contribution in [2.24, 2.45) is 4.99 Å². The Labute approximate surface area is 130 Å². The first-order valence-corrected chi connectivity index (χ1v) is 8.32. The van der Waals surface area contributed by atoms with Crippen LogP contribution in [0, 0.1) is 0 Å². The predicted molar refractivity (Wildman–Crippen MR) is 85.0 cm³/mol. The Bertz CT molecular complexity index is 518. The largest absolute Gasteiger partial charge is 0.340 e. The smallest absolute Gasteiger partial charge is 0.247 e. The van der Waals surface area contributed by atoms with Gasteiger partial charge in [-0.1, -0.05) is 37.4 Å². The van der Waals surface area contributed by atoms with Crippen molar-refractivity contribution in [1.82, 2.24) is 10.2 Å². The van der Waals surface area contributed by atoms with Gasteiger partial charge in [0.05, 0.1) is 5.70 Å². The van der Waals surface area contributed by atoms with Gasteiger partial charge in [-0.25, -0.2) is 4.99 Å². The van der Waals surface area contributed by atoms with Crippen LogP contribution in [-0.4, -0.2) is 28.7 Å². The summed E-state index contributed by atoms with van der Waals surface area (Å²) in [6.07, 6.45) is 11.3. The molecule has 5 heteroatoms. The fourth-order valence-electron chi connectivity index (χ4n) is 3.51. The van der Waals surface area contributed by atoms with Crippen LogP contribution in [0.15, 0.2) is 28.0 Å². The summed E-state index contributed by atoms with van der Waals surface area (Å²) in [6, 6.07) is 0.278. The summed E-state index contributed by atoms with van der Waals surface area (Å²) in [5, 5.41) is 3.56. The standard InChI is InChI=1S/C16H22ClN3O/c1-2-13-16(21)18-12-9-5-6-10-14(17)19-15(12)20(13)11-7-3-4-8-11/h9-11,13H,2-8H2,1H3,(H,18,21). The number of nitrogens with zero attached hydrogens (tertiary/aromatic N) is 2. The molecule has 1 unspecified atom stereocenters. The van der Waals surface area contributed by atoms with Crippen LogP contribution in [0.25, 0.3) is 0 Å². The molecular weight excluding hydrogens is 286 g/mol. The van der Waals surface area contributed by atoms with Crippen molar-refractivity contribution in [1.29, 1.82) is 0 Å². The summed E-state index contributed by atoms with van der Waals surface area (Å²) in [4.78, 5) is 19.3. The lowest BCUT2D eigenvalue weighted by molar-refractivity contribution is -0.125. The topological polar surface area (TPSA) is 44.7 Å². The number of carbonyl (C=O) groups excluding carboxylic acids is 1. The first-order chi connectivity index (χ1) is 10.2. The van der Waals surface area contributed by atoms with E-state index in [-0.39, 0.29) is 11.9 Å². The molecule has 2 heterocycles. The van der Waals surface area contributed by atoms with Crippen LogP contribution in [0.4, 0.5) is 0 Å². The van der Waals surface area contributed by atoms with Gasteiger partial charge in [-0.05, 0) is 38.2 Å². The van der Waals surface area contributed by atoms with Gasteiger partial charge in [0.1, 0.15) is 11.2 Å². The van der Waals surface area contributed by atoms with Gasteiger partial charge in [0.15, 0.2) is 5.84 Å². The van der Waals surface area contributed by atoms with Gasteiger partial charge in [0.2, 0.25) is 5.91 Å². The first kappa shape index (κ1) is 14.6. The summed E-state index contributed by atoms with van der Waals surface area (Å²) in [6.45, 7) is 2.06. The van der Waals surface area contributed by atoms with Gasteiger partial charge in [-0.2, -0.15) is 0 Å². The van der Waals surface area contributed by atoms with Crippen LogP contribution in [0.1, 0.15) is 51.9 Å². The molecule has 1 N–H and O–H groups in total. The van der Waals surface area contributed by atoms with Gasteiger partial charge < -0.3 is 10.2 Å². The van der Waals surface area contributed by atoms with Crippen molar-refractivity contribution in [3.05, 3.63) is 23.0 Å². The van der Waals surface area contributed by atoms with Crippen LogP contribution in [0.2, 0.25) is 0 Å². The lowest BCUT2D eigenvalue weighted by Gasteiger charge is -2.42. The van der Waals surface area contributed by atoms with E-state index in [9.17, 15) is 4.79 Å². The molecule has 1 aliphatic carbocycles. The molecule has 2 fully saturated rings. The highest BCUT2D eigenvalue weighted by Crippen LogP contribution is 2.31. The number of allylic oxidation sites excluding steroid dienone is 2. The molecule has 3 rings (SSSR count). The van der Waals surface area contributed by atoms with E-state index in [1.54, 1.807) is 0 Å². The lowest BCUT2D eigenvalue weighted by atomic mass is 10.0. The maximum Gasteiger partial charge on any atom is 0.247 e. The number of nitrogens with one attached hydrogen (secondary N) is 1.